The van der Waals surface area contributed by atoms with Gasteiger partial charge in [-0.2, -0.15) is 0 Å². The Bertz CT molecular complexity index is 736. The number of halogens is 1. The van der Waals surface area contributed by atoms with Crippen molar-refractivity contribution in [3.63, 3.8) is 0 Å². The zero-order chi connectivity index (χ0) is 17.8. The molecule has 25 heavy (non-hydrogen) atoms. The molecule has 1 aliphatic heterocycles. The van der Waals surface area contributed by atoms with Gasteiger partial charge < -0.3 is 19.7 Å². The minimum atomic E-state index is 0.0740. The molecule has 1 atom stereocenters. The normalized spacial score (nSPS) is 16.8. The van der Waals surface area contributed by atoms with Gasteiger partial charge in [0.2, 0.25) is 5.91 Å². The van der Waals surface area contributed by atoms with Gasteiger partial charge in [0, 0.05) is 17.5 Å². The largest absolute Gasteiger partial charge is 0.495 e. The van der Waals surface area contributed by atoms with Crippen molar-refractivity contribution in [2.24, 2.45) is 0 Å². The molecule has 0 unspecified atom stereocenters. The first kappa shape index (κ1) is 17.9. The Labute approximate surface area is 156 Å². The van der Waals surface area contributed by atoms with Gasteiger partial charge in [-0.3, -0.25) is 4.79 Å². The third-order valence-electron chi connectivity index (χ3n) is 4.35. The first-order chi connectivity index (χ1) is 12.1. The van der Waals surface area contributed by atoms with Gasteiger partial charge >= 0.3 is 0 Å². The number of carbonyl (C=O) groups excluding carboxylic acids is 1. The fourth-order valence-corrected chi connectivity index (χ4v) is 4.23. The number of ether oxygens (including phenoxy) is 2. The number of benzene rings is 1. The molecule has 7 heteroatoms. The van der Waals surface area contributed by atoms with Crippen LogP contribution >= 0.6 is 22.9 Å². The van der Waals surface area contributed by atoms with Crippen molar-refractivity contribution < 1.29 is 14.3 Å². The van der Waals surface area contributed by atoms with Crippen LogP contribution in [-0.4, -0.2) is 38.1 Å². The number of nitrogens with zero attached hydrogens (tertiary/aromatic N) is 1. The van der Waals surface area contributed by atoms with Gasteiger partial charge in [0.05, 0.1) is 37.5 Å². The quantitative estimate of drug-likeness (QED) is 0.816. The fraction of sp³-hybridized carbons (Fsp3) is 0.389. The van der Waals surface area contributed by atoms with Crippen LogP contribution in [0.4, 0.5) is 5.69 Å². The van der Waals surface area contributed by atoms with Crippen LogP contribution in [-0.2, 0) is 4.79 Å². The summed E-state index contributed by atoms with van der Waals surface area (Å²) in [6, 6.07) is 7.74. The Morgan fingerprint density at radius 2 is 2.16 bits per heavy atom. The molecule has 2 aromatic rings. The molecule has 0 bridgehead atoms. The van der Waals surface area contributed by atoms with E-state index in [9.17, 15) is 4.79 Å². The monoisotopic (exact) mass is 380 g/mol. The standard InChI is InChI=1S/C18H21ClN2O3S/c1-23-15-10-16(24-2)13(9-12(15)19)20-11-18(22)21-7-3-5-14(21)17-6-4-8-25-17/h4,6,8-10,14,20H,3,5,7,11H2,1-2H3/t14-/m1/s1. The first-order valence-corrected chi connectivity index (χ1v) is 9.38. The number of likely N-dealkylation sites (tertiary alicyclic amines) is 1. The van der Waals surface area contributed by atoms with Crippen LogP contribution in [0, 0.1) is 0 Å². The average molecular weight is 381 g/mol. The highest BCUT2D eigenvalue weighted by atomic mass is 35.5. The van der Waals surface area contributed by atoms with E-state index in [1.807, 2.05) is 11.0 Å². The molecule has 2 heterocycles. The first-order valence-electron chi connectivity index (χ1n) is 8.12. The van der Waals surface area contributed by atoms with Crippen LogP contribution in [0.5, 0.6) is 11.5 Å². The van der Waals surface area contributed by atoms with Gasteiger partial charge in [-0.1, -0.05) is 17.7 Å². The summed E-state index contributed by atoms with van der Waals surface area (Å²) in [6.45, 7) is 0.991. The Kier molecular flexibility index (Phi) is 5.71. The molecule has 5 nitrogen and oxygen atoms in total. The summed E-state index contributed by atoms with van der Waals surface area (Å²) >= 11 is 7.88. The van der Waals surface area contributed by atoms with Crippen LogP contribution in [0.2, 0.25) is 5.02 Å². The molecule has 0 spiro atoms. The highest BCUT2D eigenvalue weighted by Gasteiger charge is 2.30. The number of carbonyl (C=O) groups is 1. The topological polar surface area (TPSA) is 50.8 Å². The van der Waals surface area contributed by atoms with Crippen LogP contribution in [0.15, 0.2) is 29.6 Å². The van der Waals surface area contributed by atoms with E-state index in [1.165, 1.54) is 4.88 Å². The Balaban J connectivity index is 1.69. The van der Waals surface area contributed by atoms with Crippen LogP contribution < -0.4 is 14.8 Å². The van der Waals surface area contributed by atoms with E-state index in [4.69, 9.17) is 21.1 Å². The third-order valence-corrected chi connectivity index (χ3v) is 5.62. The number of anilines is 1. The smallest absolute Gasteiger partial charge is 0.242 e. The van der Waals surface area contributed by atoms with E-state index in [0.717, 1.165) is 19.4 Å². The number of rotatable bonds is 6. The van der Waals surface area contributed by atoms with Gasteiger partial charge in [0.25, 0.3) is 0 Å². The van der Waals surface area contributed by atoms with Gasteiger partial charge in [-0.05, 0) is 30.4 Å². The summed E-state index contributed by atoms with van der Waals surface area (Å²) in [5.74, 6) is 1.20. The highest BCUT2D eigenvalue weighted by molar-refractivity contribution is 7.10. The SMILES string of the molecule is COc1cc(OC)c(NCC(=O)N2CCC[C@@H]2c2cccs2)cc1Cl. The molecule has 0 saturated carbocycles. The summed E-state index contributed by atoms with van der Waals surface area (Å²) in [5.41, 5.74) is 0.675. The molecule has 1 aromatic carbocycles. The summed E-state index contributed by atoms with van der Waals surface area (Å²) in [4.78, 5) is 15.9. The van der Waals surface area contributed by atoms with Crippen molar-refractivity contribution in [3.8, 4) is 11.5 Å². The van der Waals surface area contributed by atoms with Crippen molar-refractivity contribution in [3.05, 3.63) is 39.5 Å². The maximum atomic E-state index is 12.7. The van der Waals surface area contributed by atoms with E-state index in [1.54, 1.807) is 37.7 Å². The second-order valence-electron chi connectivity index (χ2n) is 5.80. The van der Waals surface area contributed by atoms with Crippen LogP contribution in [0.1, 0.15) is 23.8 Å². The summed E-state index contributed by atoms with van der Waals surface area (Å²) in [7, 11) is 3.12. The molecule has 0 radical (unpaired) electrons. The van der Waals surface area contributed by atoms with Crippen molar-refractivity contribution in [1.29, 1.82) is 0 Å². The number of amides is 1. The maximum Gasteiger partial charge on any atom is 0.242 e. The molecule has 1 amide bonds. The molecule has 1 aliphatic rings. The number of hydrogen-bond donors (Lipinski definition) is 1. The van der Waals surface area contributed by atoms with Gasteiger partial charge in [0.15, 0.2) is 0 Å². The van der Waals surface area contributed by atoms with E-state index in [-0.39, 0.29) is 18.5 Å². The predicted molar refractivity (Wildman–Crippen MR) is 101 cm³/mol. The van der Waals surface area contributed by atoms with Crippen LogP contribution in [0.3, 0.4) is 0 Å². The minimum absolute atomic E-state index is 0.0740. The lowest BCUT2D eigenvalue weighted by Crippen LogP contribution is -2.34. The second kappa shape index (κ2) is 7.97. The fourth-order valence-electron chi connectivity index (χ4n) is 3.11. The highest BCUT2D eigenvalue weighted by Crippen LogP contribution is 2.37. The Morgan fingerprint density at radius 3 is 2.84 bits per heavy atom. The lowest BCUT2D eigenvalue weighted by Gasteiger charge is -2.24. The lowest BCUT2D eigenvalue weighted by molar-refractivity contribution is -0.130. The van der Waals surface area contributed by atoms with Gasteiger partial charge in [-0.15, -0.1) is 11.3 Å². The van der Waals surface area contributed by atoms with Crippen molar-refractivity contribution in [2.45, 2.75) is 18.9 Å². The van der Waals surface area contributed by atoms with E-state index >= 15 is 0 Å². The maximum absolute atomic E-state index is 12.7. The van der Waals surface area contributed by atoms with Crippen molar-refractivity contribution in [2.75, 3.05) is 32.6 Å². The van der Waals surface area contributed by atoms with Crippen molar-refractivity contribution in [1.82, 2.24) is 4.90 Å². The van der Waals surface area contributed by atoms with Gasteiger partial charge in [0.1, 0.15) is 11.5 Å². The van der Waals surface area contributed by atoms with Crippen molar-refractivity contribution >= 4 is 34.5 Å². The predicted octanol–water partition coefficient (Wildman–Crippen LogP) is 4.19. The zero-order valence-electron chi connectivity index (χ0n) is 14.3. The summed E-state index contributed by atoms with van der Waals surface area (Å²) in [5, 5.41) is 5.67. The number of methoxy groups -OCH3 is 2. The van der Waals surface area contributed by atoms with E-state index < -0.39 is 0 Å². The number of nitrogens with one attached hydrogen (secondary N) is 1. The zero-order valence-corrected chi connectivity index (χ0v) is 15.8. The lowest BCUT2D eigenvalue weighted by atomic mass is 10.2. The molecule has 1 fully saturated rings. The molecule has 3 rings (SSSR count). The Hall–Kier alpha value is -1.92. The molecule has 1 N–H and O–H groups in total. The third kappa shape index (κ3) is 3.85. The summed E-state index contributed by atoms with van der Waals surface area (Å²) in [6.07, 6.45) is 2.05. The molecular weight excluding hydrogens is 360 g/mol. The number of hydrogen-bond acceptors (Lipinski definition) is 5. The molecule has 134 valence electrons. The van der Waals surface area contributed by atoms with E-state index in [0.29, 0.717) is 22.2 Å². The van der Waals surface area contributed by atoms with Gasteiger partial charge in [-0.25, -0.2) is 0 Å². The number of thiophene rings is 1. The Morgan fingerprint density at radius 1 is 1.36 bits per heavy atom. The summed E-state index contributed by atoms with van der Waals surface area (Å²) < 4.78 is 10.5. The average Bonchev–Trinajstić information content (AvgIpc) is 3.30. The minimum Gasteiger partial charge on any atom is -0.495 e. The molecule has 1 saturated heterocycles. The molecule has 1 aromatic heterocycles. The van der Waals surface area contributed by atoms with Crippen LogP contribution in [0.25, 0.3) is 0 Å². The molecular formula is C18H21ClN2O3S. The molecule has 0 aliphatic carbocycles. The second-order valence-corrected chi connectivity index (χ2v) is 7.19. The van der Waals surface area contributed by atoms with E-state index in [2.05, 4.69) is 16.8 Å².